The first kappa shape index (κ1) is 26.5. The summed E-state index contributed by atoms with van der Waals surface area (Å²) in [5, 5.41) is 5.74. The molecule has 1 amide bonds. The molecule has 0 unspecified atom stereocenters. The number of nitrogens with one attached hydrogen (secondary N) is 2. The van der Waals surface area contributed by atoms with E-state index in [-0.39, 0.29) is 6.10 Å². The summed E-state index contributed by atoms with van der Waals surface area (Å²) in [6, 6.07) is 14.1. The van der Waals surface area contributed by atoms with Crippen LogP contribution in [0.5, 0.6) is 11.5 Å². The van der Waals surface area contributed by atoms with Gasteiger partial charge in [-0.1, -0.05) is 6.07 Å². The van der Waals surface area contributed by atoms with E-state index in [0.717, 1.165) is 24.1 Å². The quantitative estimate of drug-likeness (QED) is 0.366. The van der Waals surface area contributed by atoms with E-state index in [1.807, 2.05) is 12.1 Å². The Morgan fingerprint density at radius 3 is 2.49 bits per heavy atom. The second kappa shape index (κ2) is 10.9. The van der Waals surface area contributed by atoms with E-state index in [9.17, 15) is 18.0 Å². The molecule has 0 radical (unpaired) electrons. The Labute approximate surface area is 223 Å². The van der Waals surface area contributed by atoms with Crippen molar-refractivity contribution >= 4 is 29.1 Å². The lowest BCUT2D eigenvalue weighted by Gasteiger charge is -2.40. The first-order valence-electron chi connectivity index (χ1n) is 12.6. The number of likely N-dealkylation sites (tertiary alicyclic amines) is 1. The molecule has 204 valence electrons. The van der Waals surface area contributed by atoms with Crippen LogP contribution in [-0.2, 0) is 17.3 Å². The van der Waals surface area contributed by atoms with Gasteiger partial charge in [-0.2, -0.15) is 13.2 Å². The van der Waals surface area contributed by atoms with Crippen LogP contribution >= 0.6 is 0 Å². The fraction of sp³-hybridized carbons (Fsp3) is 0.321. The first-order valence-corrected chi connectivity index (χ1v) is 12.6. The Kier molecular flexibility index (Phi) is 7.42. The van der Waals surface area contributed by atoms with Gasteiger partial charge in [0.2, 0.25) is 0 Å². The highest BCUT2D eigenvalue weighted by molar-refractivity contribution is 5.98. The van der Waals surface area contributed by atoms with Gasteiger partial charge < -0.3 is 14.8 Å². The summed E-state index contributed by atoms with van der Waals surface area (Å²) in [5.41, 5.74) is 1.57. The molecule has 3 heterocycles. The number of amides is 1. The predicted molar refractivity (Wildman–Crippen MR) is 142 cm³/mol. The molecule has 0 aliphatic carbocycles. The zero-order valence-electron chi connectivity index (χ0n) is 21.5. The van der Waals surface area contributed by atoms with Crippen LogP contribution in [0.1, 0.15) is 31.4 Å². The van der Waals surface area contributed by atoms with Crippen molar-refractivity contribution in [2.75, 3.05) is 23.7 Å². The lowest BCUT2D eigenvalue weighted by molar-refractivity contribution is -0.137. The summed E-state index contributed by atoms with van der Waals surface area (Å²) in [4.78, 5) is 23.3. The van der Waals surface area contributed by atoms with Crippen LogP contribution in [0, 0.1) is 0 Å². The van der Waals surface area contributed by atoms with Crippen LogP contribution in [-0.4, -0.2) is 47.0 Å². The van der Waals surface area contributed by atoms with Crippen LogP contribution in [0.15, 0.2) is 65.8 Å². The molecule has 0 bridgehead atoms. The topological polar surface area (TPSA) is 88.1 Å². The number of carbonyl (C=O) groups excluding carboxylic acids is 1. The summed E-state index contributed by atoms with van der Waals surface area (Å²) in [7, 11) is 0. The molecule has 0 spiro atoms. The van der Waals surface area contributed by atoms with Gasteiger partial charge in [-0.05, 0) is 62.2 Å². The maximum Gasteiger partial charge on any atom is 0.416 e. The number of hydrogen-bond donors (Lipinski definition) is 2. The average Bonchev–Trinajstić information content (AvgIpc) is 2.85. The number of pyridine rings is 1. The van der Waals surface area contributed by atoms with Crippen molar-refractivity contribution in [3.8, 4) is 11.5 Å². The van der Waals surface area contributed by atoms with E-state index >= 15 is 0 Å². The van der Waals surface area contributed by atoms with Crippen molar-refractivity contribution in [3.05, 3.63) is 71.9 Å². The van der Waals surface area contributed by atoms with Gasteiger partial charge in [0.1, 0.15) is 29.3 Å². The Morgan fingerprint density at radius 2 is 1.77 bits per heavy atom. The number of aromatic nitrogens is 1. The fourth-order valence-corrected chi connectivity index (χ4v) is 4.31. The van der Waals surface area contributed by atoms with Gasteiger partial charge in [-0.15, -0.1) is 0 Å². The minimum Gasteiger partial charge on any atom is -0.457 e. The highest BCUT2D eigenvalue weighted by atomic mass is 19.4. The van der Waals surface area contributed by atoms with Gasteiger partial charge in [-0.3, -0.25) is 10.2 Å². The molecular formula is C28H28F3N5O3. The van der Waals surface area contributed by atoms with E-state index in [2.05, 4.69) is 39.4 Å². The number of aliphatic imine (C=N–C) groups is 1. The SMILES string of the molecule is CC(C)N1CC(OC(=O)Nc2cc(Oc3ccc4c(c3)N=C(Nc3ccc(C(F)(F)F)cc3)CC4)ccn2)C1. The minimum atomic E-state index is -4.38. The molecule has 39 heavy (non-hydrogen) atoms. The van der Waals surface area contributed by atoms with Gasteiger partial charge in [0, 0.05) is 49.6 Å². The van der Waals surface area contributed by atoms with Crippen LogP contribution in [0.25, 0.3) is 0 Å². The number of nitrogens with zero attached hydrogens (tertiary/aromatic N) is 3. The Bertz CT molecular complexity index is 1370. The van der Waals surface area contributed by atoms with Crippen molar-refractivity contribution in [3.63, 3.8) is 0 Å². The molecule has 2 aliphatic heterocycles. The fourth-order valence-electron chi connectivity index (χ4n) is 4.31. The van der Waals surface area contributed by atoms with E-state index in [1.165, 1.54) is 18.3 Å². The molecular weight excluding hydrogens is 511 g/mol. The molecule has 0 saturated carbocycles. The number of amidine groups is 1. The van der Waals surface area contributed by atoms with Gasteiger partial charge >= 0.3 is 12.3 Å². The third-order valence-electron chi connectivity index (χ3n) is 6.52. The summed E-state index contributed by atoms with van der Waals surface area (Å²) in [5.74, 6) is 1.96. The minimum absolute atomic E-state index is 0.137. The van der Waals surface area contributed by atoms with Crippen molar-refractivity contribution in [2.24, 2.45) is 4.99 Å². The molecule has 2 aliphatic rings. The maximum atomic E-state index is 12.8. The van der Waals surface area contributed by atoms with E-state index < -0.39 is 17.8 Å². The largest absolute Gasteiger partial charge is 0.457 e. The number of anilines is 2. The molecule has 2 aromatic carbocycles. The van der Waals surface area contributed by atoms with Crippen LogP contribution < -0.4 is 15.4 Å². The van der Waals surface area contributed by atoms with Gasteiger partial charge in [0.15, 0.2) is 0 Å². The predicted octanol–water partition coefficient (Wildman–Crippen LogP) is 6.62. The molecule has 8 nitrogen and oxygen atoms in total. The summed E-state index contributed by atoms with van der Waals surface area (Å²) in [6.45, 7) is 5.62. The summed E-state index contributed by atoms with van der Waals surface area (Å²) in [6.07, 6.45) is -2.21. The second-order valence-corrected chi connectivity index (χ2v) is 9.73. The molecule has 2 N–H and O–H groups in total. The molecule has 1 aromatic heterocycles. The number of ether oxygens (including phenoxy) is 2. The number of alkyl halides is 3. The van der Waals surface area contributed by atoms with Crippen molar-refractivity contribution in [1.82, 2.24) is 9.88 Å². The molecule has 1 saturated heterocycles. The van der Waals surface area contributed by atoms with Gasteiger partial charge in [0.05, 0.1) is 11.3 Å². The van der Waals surface area contributed by atoms with E-state index in [0.29, 0.717) is 60.1 Å². The zero-order chi connectivity index (χ0) is 27.6. The van der Waals surface area contributed by atoms with E-state index in [4.69, 9.17) is 9.47 Å². The third kappa shape index (κ3) is 6.66. The molecule has 0 atom stereocenters. The number of halogens is 3. The van der Waals surface area contributed by atoms with Crippen LogP contribution in [0.2, 0.25) is 0 Å². The number of fused-ring (bicyclic) bond motifs is 1. The van der Waals surface area contributed by atoms with Crippen molar-refractivity contribution in [2.45, 2.75) is 45.0 Å². The average molecular weight is 540 g/mol. The number of aryl methyl sites for hydroxylation is 1. The van der Waals surface area contributed by atoms with Gasteiger partial charge in [-0.25, -0.2) is 14.8 Å². The van der Waals surface area contributed by atoms with E-state index in [1.54, 1.807) is 18.2 Å². The number of hydrogen-bond acceptors (Lipinski definition) is 7. The van der Waals surface area contributed by atoms with Crippen LogP contribution in [0.4, 0.5) is 35.2 Å². The second-order valence-electron chi connectivity index (χ2n) is 9.73. The monoisotopic (exact) mass is 539 g/mol. The van der Waals surface area contributed by atoms with Gasteiger partial charge in [0.25, 0.3) is 0 Å². The summed E-state index contributed by atoms with van der Waals surface area (Å²) < 4.78 is 49.9. The summed E-state index contributed by atoms with van der Waals surface area (Å²) >= 11 is 0. The van der Waals surface area contributed by atoms with Crippen LogP contribution in [0.3, 0.4) is 0 Å². The maximum absolute atomic E-state index is 12.8. The Hall–Kier alpha value is -4.12. The molecule has 11 heteroatoms. The zero-order valence-corrected chi connectivity index (χ0v) is 21.5. The molecule has 1 fully saturated rings. The normalized spacial score (nSPS) is 15.7. The highest BCUT2D eigenvalue weighted by Crippen LogP contribution is 2.34. The lowest BCUT2D eigenvalue weighted by Crippen LogP contribution is -2.55. The standard InChI is InChI=1S/C28H28F3N5O3/c1-17(2)36-15-23(16-36)39-27(37)35-26-14-22(11-12-32-26)38-21-9-3-18-4-10-25(34-24(18)13-21)33-20-7-5-19(6-8-20)28(29,30)31/h3,5-9,11-14,17,23H,4,10,15-16H2,1-2H3,(H,33,34)(H,32,35,37). The lowest BCUT2D eigenvalue weighted by atomic mass is 10.0. The highest BCUT2D eigenvalue weighted by Gasteiger charge is 2.32. The van der Waals surface area contributed by atoms with Crippen molar-refractivity contribution in [1.29, 1.82) is 0 Å². The number of rotatable bonds is 6. The Balaban J connectivity index is 1.20. The first-order chi connectivity index (χ1) is 18.6. The third-order valence-corrected chi connectivity index (χ3v) is 6.52. The number of carbonyl (C=O) groups is 1. The van der Waals surface area contributed by atoms with Crippen molar-refractivity contribution < 1.29 is 27.4 Å². The molecule has 5 rings (SSSR count). The number of benzene rings is 2. The molecule has 3 aromatic rings. The Morgan fingerprint density at radius 1 is 1.03 bits per heavy atom. The smallest absolute Gasteiger partial charge is 0.416 e.